The third-order valence-electron chi connectivity index (χ3n) is 5.90. The number of fused-ring (bicyclic) bond motifs is 1. The van der Waals surface area contributed by atoms with Crippen molar-refractivity contribution in [3.63, 3.8) is 0 Å². The molecule has 2 aromatic rings. The summed E-state index contributed by atoms with van der Waals surface area (Å²) in [6.07, 6.45) is 3.11. The molecule has 1 atom stereocenters. The van der Waals surface area contributed by atoms with Gasteiger partial charge in [-0.3, -0.25) is 23.6 Å². The minimum absolute atomic E-state index is 0.146. The fourth-order valence-corrected chi connectivity index (χ4v) is 4.01. The minimum atomic E-state index is -1.17. The summed E-state index contributed by atoms with van der Waals surface area (Å²) in [5, 5.41) is 2.78. The first-order valence-electron chi connectivity index (χ1n) is 9.24. The largest absolute Gasteiger partial charge is 0.330 e. The second-order valence-electron chi connectivity index (χ2n) is 7.66. The third-order valence-corrected chi connectivity index (χ3v) is 5.90. The van der Waals surface area contributed by atoms with Crippen LogP contribution in [0.1, 0.15) is 35.7 Å². The van der Waals surface area contributed by atoms with Gasteiger partial charge >= 0.3 is 11.7 Å². The zero-order chi connectivity index (χ0) is 20.2. The standard InChI is InChI=1S/C20H22N4O4/c1-20(14-8-7-12-5-4-6-13(12)9-14)17(26)24(18(27)21-20)11-15-10-16(25)23(3)19(28)22(15)2/h7-10H,4-6,11H2,1-3H3,(H,21,27). The zero-order valence-corrected chi connectivity index (χ0v) is 16.1. The van der Waals surface area contributed by atoms with E-state index in [1.807, 2.05) is 18.2 Å². The van der Waals surface area contributed by atoms with E-state index in [4.69, 9.17) is 0 Å². The number of urea groups is 1. The summed E-state index contributed by atoms with van der Waals surface area (Å²) in [6, 6.07) is 6.64. The number of aromatic nitrogens is 2. The molecular formula is C20H22N4O4. The smallest absolute Gasteiger partial charge is 0.319 e. The lowest BCUT2D eigenvalue weighted by molar-refractivity contribution is -0.131. The summed E-state index contributed by atoms with van der Waals surface area (Å²) >= 11 is 0. The van der Waals surface area contributed by atoms with Crippen molar-refractivity contribution >= 4 is 11.9 Å². The second kappa shape index (κ2) is 6.19. The summed E-state index contributed by atoms with van der Waals surface area (Å²) in [5.41, 5.74) is 1.39. The maximum Gasteiger partial charge on any atom is 0.330 e. The molecule has 0 radical (unpaired) electrons. The van der Waals surface area contributed by atoms with E-state index < -0.39 is 28.7 Å². The van der Waals surface area contributed by atoms with Crippen LogP contribution in [0.4, 0.5) is 4.79 Å². The van der Waals surface area contributed by atoms with E-state index >= 15 is 0 Å². The molecule has 1 aromatic carbocycles. The first-order chi connectivity index (χ1) is 13.2. The van der Waals surface area contributed by atoms with Crippen molar-refractivity contribution in [2.45, 2.75) is 38.3 Å². The highest BCUT2D eigenvalue weighted by molar-refractivity contribution is 6.07. The first-order valence-corrected chi connectivity index (χ1v) is 9.24. The number of nitrogens with zero attached hydrogens (tertiary/aromatic N) is 3. The van der Waals surface area contributed by atoms with Crippen LogP contribution in [0.2, 0.25) is 0 Å². The van der Waals surface area contributed by atoms with Crippen LogP contribution in [0.3, 0.4) is 0 Å². The highest BCUT2D eigenvalue weighted by atomic mass is 16.2. The lowest BCUT2D eigenvalue weighted by Gasteiger charge is -2.23. The molecule has 8 nitrogen and oxygen atoms in total. The van der Waals surface area contributed by atoms with Crippen molar-refractivity contribution in [3.05, 3.63) is 67.5 Å². The molecule has 1 saturated heterocycles. The molecule has 2 aliphatic rings. The molecule has 146 valence electrons. The van der Waals surface area contributed by atoms with E-state index in [1.165, 1.54) is 35.9 Å². The second-order valence-corrected chi connectivity index (χ2v) is 7.66. The van der Waals surface area contributed by atoms with Crippen LogP contribution in [-0.4, -0.2) is 26.0 Å². The normalized spacial score (nSPS) is 21.2. The molecular weight excluding hydrogens is 360 g/mol. The molecule has 8 heteroatoms. The summed E-state index contributed by atoms with van der Waals surface area (Å²) in [7, 11) is 2.89. The Morgan fingerprint density at radius 2 is 1.71 bits per heavy atom. The van der Waals surface area contributed by atoms with Gasteiger partial charge in [-0.15, -0.1) is 0 Å². The number of rotatable bonds is 3. The summed E-state index contributed by atoms with van der Waals surface area (Å²) in [5.74, 6) is -0.399. The van der Waals surface area contributed by atoms with Crippen molar-refractivity contribution in [2.75, 3.05) is 0 Å². The molecule has 0 spiro atoms. The average molecular weight is 382 g/mol. The van der Waals surface area contributed by atoms with Crippen LogP contribution in [0.5, 0.6) is 0 Å². The van der Waals surface area contributed by atoms with E-state index in [2.05, 4.69) is 5.32 Å². The van der Waals surface area contributed by atoms with Crippen LogP contribution in [-0.2, 0) is 43.8 Å². The predicted octanol–water partition coefficient (Wildman–Crippen LogP) is 0.540. The van der Waals surface area contributed by atoms with Gasteiger partial charge in [0.25, 0.3) is 11.5 Å². The number of imide groups is 1. The Balaban J connectivity index is 1.68. The molecule has 28 heavy (non-hydrogen) atoms. The average Bonchev–Trinajstić information content (AvgIpc) is 3.22. The van der Waals surface area contributed by atoms with Gasteiger partial charge in [-0.2, -0.15) is 0 Å². The monoisotopic (exact) mass is 382 g/mol. The molecule has 1 unspecified atom stereocenters. The van der Waals surface area contributed by atoms with Crippen molar-refractivity contribution in [1.29, 1.82) is 0 Å². The van der Waals surface area contributed by atoms with Gasteiger partial charge in [0.2, 0.25) is 0 Å². The van der Waals surface area contributed by atoms with Crippen LogP contribution in [0.25, 0.3) is 0 Å². The van der Waals surface area contributed by atoms with Gasteiger partial charge < -0.3 is 5.32 Å². The van der Waals surface area contributed by atoms with Gasteiger partial charge in [0.1, 0.15) is 5.54 Å². The Bertz CT molecular complexity index is 1130. The van der Waals surface area contributed by atoms with Gasteiger partial charge in [-0.1, -0.05) is 18.2 Å². The summed E-state index contributed by atoms with van der Waals surface area (Å²) in [6.45, 7) is 1.54. The third kappa shape index (κ3) is 2.59. The number of nitrogens with one attached hydrogen (secondary N) is 1. The summed E-state index contributed by atoms with van der Waals surface area (Å²) in [4.78, 5) is 50.9. The van der Waals surface area contributed by atoms with E-state index in [0.717, 1.165) is 34.3 Å². The molecule has 1 N–H and O–H groups in total. The number of hydrogen-bond donors (Lipinski definition) is 1. The fraction of sp³-hybridized carbons (Fsp3) is 0.400. The molecule has 1 fully saturated rings. The number of carbonyl (C=O) groups is 2. The molecule has 3 amide bonds. The van der Waals surface area contributed by atoms with E-state index in [9.17, 15) is 19.2 Å². The number of aryl methyl sites for hydroxylation is 2. The van der Waals surface area contributed by atoms with Crippen LogP contribution in [0.15, 0.2) is 33.9 Å². The predicted molar refractivity (Wildman–Crippen MR) is 102 cm³/mol. The van der Waals surface area contributed by atoms with Crippen molar-refractivity contribution < 1.29 is 9.59 Å². The van der Waals surface area contributed by atoms with Crippen molar-refractivity contribution in [2.24, 2.45) is 14.1 Å². The van der Waals surface area contributed by atoms with Crippen LogP contribution in [0, 0.1) is 0 Å². The van der Waals surface area contributed by atoms with Gasteiger partial charge in [0.05, 0.1) is 6.54 Å². The van der Waals surface area contributed by atoms with Crippen LogP contribution < -0.4 is 16.6 Å². The SMILES string of the molecule is Cn1c(CN2C(=O)NC(C)(c3ccc4c(c3)CCC4)C2=O)cc(=O)n(C)c1=O. The Labute approximate surface area is 161 Å². The van der Waals surface area contributed by atoms with Gasteiger partial charge in [-0.25, -0.2) is 9.59 Å². The molecule has 0 bridgehead atoms. The highest BCUT2D eigenvalue weighted by Gasteiger charge is 2.49. The molecule has 1 aromatic heterocycles. The van der Waals surface area contributed by atoms with E-state index in [1.54, 1.807) is 6.92 Å². The van der Waals surface area contributed by atoms with Gasteiger partial charge in [0.15, 0.2) is 0 Å². The topological polar surface area (TPSA) is 93.4 Å². The zero-order valence-electron chi connectivity index (χ0n) is 16.1. The number of carbonyl (C=O) groups excluding carboxylic acids is 2. The first kappa shape index (κ1) is 18.2. The summed E-state index contributed by atoms with van der Waals surface area (Å²) < 4.78 is 2.25. The fourth-order valence-electron chi connectivity index (χ4n) is 4.01. The Morgan fingerprint density at radius 1 is 1.00 bits per heavy atom. The highest BCUT2D eigenvalue weighted by Crippen LogP contribution is 2.33. The Kier molecular flexibility index (Phi) is 4.02. The maximum absolute atomic E-state index is 13.2. The lowest BCUT2D eigenvalue weighted by Crippen LogP contribution is -2.42. The van der Waals surface area contributed by atoms with Crippen LogP contribution >= 0.6 is 0 Å². The van der Waals surface area contributed by atoms with E-state index in [-0.39, 0.29) is 6.54 Å². The quantitative estimate of drug-likeness (QED) is 0.784. The molecule has 4 rings (SSSR count). The van der Waals surface area contributed by atoms with Crippen molar-refractivity contribution in [1.82, 2.24) is 19.4 Å². The molecule has 2 heterocycles. The molecule has 1 aliphatic heterocycles. The number of benzene rings is 1. The maximum atomic E-state index is 13.2. The Hall–Kier alpha value is -3.16. The molecule has 0 saturated carbocycles. The number of amides is 3. The minimum Gasteiger partial charge on any atom is -0.319 e. The lowest BCUT2D eigenvalue weighted by atomic mass is 9.89. The Morgan fingerprint density at radius 3 is 2.46 bits per heavy atom. The van der Waals surface area contributed by atoms with Gasteiger partial charge in [0, 0.05) is 25.9 Å². The van der Waals surface area contributed by atoms with Crippen molar-refractivity contribution in [3.8, 4) is 0 Å². The molecule has 1 aliphatic carbocycles. The van der Waals surface area contributed by atoms with E-state index in [0.29, 0.717) is 5.69 Å². The van der Waals surface area contributed by atoms with Gasteiger partial charge in [-0.05, 0) is 42.9 Å². The number of hydrogen-bond acceptors (Lipinski definition) is 4.